The molecule has 6 aromatic rings. The first-order valence-electron chi connectivity index (χ1n) is 16.1. The number of hydrogen-bond donors (Lipinski definition) is 0. The van der Waals surface area contributed by atoms with Crippen molar-refractivity contribution >= 4 is 55.0 Å². The Hall–Kier alpha value is -4.62. The number of para-hydroxylation sites is 1. The van der Waals surface area contributed by atoms with Crippen LogP contribution in [0.1, 0.15) is 50.1 Å². The minimum Gasteiger partial charge on any atom is -0.313 e. The largest absolute Gasteiger partial charge is 0.313 e. The smallest absolute Gasteiger partial charge is 0.0537 e. The van der Waals surface area contributed by atoms with Gasteiger partial charge in [0.25, 0.3) is 0 Å². The molecule has 1 heteroatoms. The van der Waals surface area contributed by atoms with Crippen LogP contribution in [0.15, 0.2) is 121 Å². The molecule has 2 unspecified atom stereocenters. The van der Waals surface area contributed by atoms with Crippen molar-refractivity contribution in [1.82, 2.24) is 4.57 Å². The highest BCUT2D eigenvalue weighted by molar-refractivity contribution is 6.25. The number of nitrogens with zero attached hydrogens (tertiary/aromatic N) is 1. The monoisotopic (exact) mass is 567 g/mol. The lowest BCUT2D eigenvalue weighted by atomic mass is 9.51. The maximum atomic E-state index is 2.61. The van der Waals surface area contributed by atoms with Crippen LogP contribution < -0.4 is 0 Å². The van der Waals surface area contributed by atoms with Crippen molar-refractivity contribution in [3.63, 3.8) is 0 Å². The molecule has 0 N–H and O–H groups in total. The van der Waals surface area contributed by atoms with Crippen molar-refractivity contribution in [1.29, 1.82) is 0 Å². The molecule has 0 aliphatic heterocycles. The van der Waals surface area contributed by atoms with Crippen LogP contribution >= 0.6 is 0 Å². The van der Waals surface area contributed by atoms with Gasteiger partial charge in [0.05, 0.1) is 5.52 Å². The van der Waals surface area contributed by atoms with E-state index in [1.54, 1.807) is 0 Å². The maximum absolute atomic E-state index is 2.61. The van der Waals surface area contributed by atoms with Crippen LogP contribution in [-0.2, 0) is 17.3 Å². The van der Waals surface area contributed by atoms with E-state index in [1.807, 2.05) is 0 Å². The quantitative estimate of drug-likeness (QED) is 0.174. The molecule has 3 aliphatic carbocycles. The van der Waals surface area contributed by atoms with Gasteiger partial charge in [0.2, 0.25) is 0 Å². The summed E-state index contributed by atoms with van der Waals surface area (Å²) in [4.78, 5) is 0. The van der Waals surface area contributed by atoms with Crippen LogP contribution in [0.3, 0.4) is 0 Å². The van der Waals surface area contributed by atoms with E-state index >= 15 is 0 Å². The standard InChI is InChI=1S/C43H37N/c1-42(2)36-23-22-27(44-40-20-7-5-6-18-32(40)33-19-12-13-21-41(33)44)24-37(36)43(3,4)39-26-35-31-17-11-9-15-29(31)28-14-8-10-16-30(28)34(35)25-38(39)42/h5-19,21-26,36-37H,20H2,1-4H3. The Kier molecular flexibility index (Phi) is 5.26. The van der Waals surface area contributed by atoms with Gasteiger partial charge in [0.15, 0.2) is 0 Å². The first-order valence-corrected chi connectivity index (χ1v) is 16.1. The second kappa shape index (κ2) is 8.96. The van der Waals surface area contributed by atoms with Gasteiger partial charge >= 0.3 is 0 Å². The van der Waals surface area contributed by atoms with Gasteiger partial charge in [0.1, 0.15) is 0 Å². The third-order valence-corrected chi connectivity index (χ3v) is 11.2. The highest BCUT2D eigenvalue weighted by Crippen LogP contribution is 2.57. The Morgan fingerprint density at radius 1 is 0.591 bits per heavy atom. The zero-order valence-electron chi connectivity index (χ0n) is 25.9. The molecule has 0 spiro atoms. The second-order valence-electron chi connectivity index (χ2n) is 14.2. The Morgan fingerprint density at radius 3 is 1.77 bits per heavy atom. The average molecular weight is 568 g/mol. The molecule has 3 aliphatic rings. The minimum atomic E-state index is -0.0494. The number of benzene rings is 5. The van der Waals surface area contributed by atoms with Gasteiger partial charge in [-0.15, -0.1) is 0 Å². The Morgan fingerprint density at radius 2 is 1.14 bits per heavy atom. The van der Waals surface area contributed by atoms with Crippen molar-refractivity contribution in [2.24, 2.45) is 11.8 Å². The van der Waals surface area contributed by atoms with Crippen LogP contribution in [0.5, 0.6) is 0 Å². The van der Waals surface area contributed by atoms with Gasteiger partial charge in [-0.1, -0.05) is 131 Å². The summed E-state index contributed by atoms with van der Waals surface area (Å²) < 4.78 is 2.54. The molecular formula is C43H37N. The molecule has 214 valence electrons. The molecule has 0 fully saturated rings. The summed E-state index contributed by atoms with van der Waals surface area (Å²) >= 11 is 0. The lowest BCUT2D eigenvalue weighted by molar-refractivity contribution is 0.191. The van der Waals surface area contributed by atoms with E-state index in [0.29, 0.717) is 11.8 Å². The molecule has 1 nitrogen and oxygen atoms in total. The normalized spacial score (nSPS) is 21.3. The topological polar surface area (TPSA) is 4.93 Å². The predicted octanol–water partition coefficient (Wildman–Crippen LogP) is 11.1. The Balaban J connectivity index is 1.29. The highest BCUT2D eigenvalue weighted by Gasteiger charge is 2.50. The van der Waals surface area contributed by atoms with Crippen LogP contribution in [0.4, 0.5) is 0 Å². The molecule has 0 radical (unpaired) electrons. The van der Waals surface area contributed by atoms with E-state index in [9.17, 15) is 0 Å². The first kappa shape index (κ1) is 25.8. The van der Waals surface area contributed by atoms with E-state index in [-0.39, 0.29) is 10.8 Å². The SMILES string of the molecule is CC1(C)c2cc3c4ccccc4c4ccccc4c3cc2C(C)(C)C2C=C(n3c4c(c5ccccc53)C=CC=CC4)C=CC21. The van der Waals surface area contributed by atoms with Gasteiger partial charge < -0.3 is 4.57 Å². The molecule has 1 heterocycles. The molecule has 9 rings (SSSR count). The summed E-state index contributed by atoms with van der Waals surface area (Å²) in [6.07, 6.45) is 17.4. The third-order valence-electron chi connectivity index (χ3n) is 11.2. The molecule has 44 heavy (non-hydrogen) atoms. The van der Waals surface area contributed by atoms with Crippen LogP contribution in [0.25, 0.3) is 55.0 Å². The summed E-state index contributed by atoms with van der Waals surface area (Å²) in [5.41, 5.74) is 8.24. The number of fused-ring (bicyclic) bond motifs is 11. The van der Waals surface area contributed by atoms with Crippen molar-refractivity contribution in [3.8, 4) is 0 Å². The summed E-state index contributed by atoms with van der Waals surface area (Å²) in [5.74, 6) is 0.765. The van der Waals surface area contributed by atoms with E-state index in [2.05, 4.69) is 160 Å². The number of allylic oxidation sites excluding steroid dienone is 7. The van der Waals surface area contributed by atoms with Gasteiger partial charge in [-0.2, -0.15) is 0 Å². The summed E-state index contributed by atoms with van der Waals surface area (Å²) in [7, 11) is 0. The maximum Gasteiger partial charge on any atom is 0.0537 e. The predicted molar refractivity (Wildman–Crippen MR) is 189 cm³/mol. The zero-order chi connectivity index (χ0) is 29.8. The van der Waals surface area contributed by atoms with E-state index in [4.69, 9.17) is 0 Å². The van der Waals surface area contributed by atoms with Crippen molar-refractivity contribution in [2.75, 3.05) is 0 Å². The molecule has 0 amide bonds. The van der Waals surface area contributed by atoms with Gasteiger partial charge in [0, 0.05) is 28.8 Å². The van der Waals surface area contributed by atoms with Crippen LogP contribution in [0.2, 0.25) is 0 Å². The van der Waals surface area contributed by atoms with Crippen molar-refractivity contribution < 1.29 is 0 Å². The summed E-state index contributed by atoms with van der Waals surface area (Å²) in [6.45, 7) is 9.93. The molecule has 1 aromatic heterocycles. The van der Waals surface area contributed by atoms with Crippen molar-refractivity contribution in [2.45, 2.75) is 44.9 Å². The van der Waals surface area contributed by atoms with Crippen LogP contribution in [0, 0.1) is 11.8 Å². The first-order chi connectivity index (χ1) is 21.4. The third kappa shape index (κ3) is 3.36. The van der Waals surface area contributed by atoms with Crippen LogP contribution in [-0.4, -0.2) is 4.57 Å². The average Bonchev–Trinajstić information content (AvgIpc) is 3.17. The fourth-order valence-electron chi connectivity index (χ4n) is 8.95. The number of aromatic nitrogens is 1. The molecular weight excluding hydrogens is 530 g/mol. The van der Waals surface area contributed by atoms with E-state index in [0.717, 1.165) is 6.42 Å². The van der Waals surface area contributed by atoms with Gasteiger partial charge in [-0.05, 0) is 90.4 Å². The zero-order valence-corrected chi connectivity index (χ0v) is 25.9. The lowest BCUT2D eigenvalue weighted by Gasteiger charge is -2.53. The minimum absolute atomic E-state index is 0.0177. The highest BCUT2D eigenvalue weighted by atomic mass is 15.0. The van der Waals surface area contributed by atoms with Gasteiger partial charge in [-0.25, -0.2) is 0 Å². The molecule has 5 aromatic carbocycles. The summed E-state index contributed by atoms with van der Waals surface area (Å²) in [6, 6.07) is 32.0. The molecule has 2 atom stereocenters. The summed E-state index contributed by atoms with van der Waals surface area (Å²) in [5, 5.41) is 9.46. The number of hydrogen-bond acceptors (Lipinski definition) is 0. The van der Waals surface area contributed by atoms with E-state index in [1.165, 1.54) is 71.3 Å². The number of rotatable bonds is 1. The molecule has 0 saturated carbocycles. The van der Waals surface area contributed by atoms with Gasteiger partial charge in [-0.3, -0.25) is 0 Å². The molecule has 0 bridgehead atoms. The molecule has 0 saturated heterocycles. The Labute approximate surface area is 259 Å². The fraction of sp³-hybridized carbons (Fsp3) is 0.209. The van der Waals surface area contributed by atoms with Crippen molar-refractivity contribution in [3.05, 3.63) is 144 Å². The second-order valence-corrected chi connectivity index (χ2v) is 14.2. The Bertz CT molecular complexity index is 2310. The lowest BCUT2D eigenvalue weighted by Crippen LogP contribution is -2.48. The van der Waals surface area contributed by atoms with E-state index < -0.39 is 0 Å². The fourth-order valence-corrected chi connectivity index (χ4v) is 8.95.